The molecule has 0 aromatic heterocycles. The van der Waals surface area contributed by atoms with Gasteiger partial charge in [0.2, 0.25) is 5.91 Å². The molecule has 2 fully saturated rings. The zero-order valence-electron chi connectivity index (χ0n) is 12.6. The van der Waals surface area contributed by atoms with Crippen molar-refractivity contribution >= 4 is 11.9 Å². The molecule has 2 saturated carbocycles. The first kappa shape index (κ1) is 15.1. The van der Waals surface area contributed by atoms with Gasteiger partial charge >= 0.3 is 0 Å². The van der Waals surface area contributed by atoms with Crippen LogP contribution in [0.4, 0.5) is 0 Å². The number of hydrogen-bond donors (Lipinski definition) is 3. The maximum absolute atomic E-state index is 11.5. The van der Waals surface area contributed by atoms with E-state index in [0.29, 0.717) is 18.5 Å². The number of amides is 1. The fourth-order valence-electron chi connectivity index (χ4n) is 2.62. The molecule has 3 N–H and O–H groups in total. The summed E-state index contributed by atoms with van der Waals surface area (Å²) in [6, 6.07) is 1.03. The Kier molecular flexibility index (Phi) is 6.15. The number of carbonyl (C=O) groups is 1. The van der Waals surface area contributed by atoms with E-state index in [0.717, 1.165) is 31.8 Å². The van der Waals surface area contributed by atoms with Crippen LogP contribution in [0.3, 0.4) is 0 Å². The van der Waals surface area contributed by atoms with Crippen molar-refractivity contribution in [1.82, 2.24) is 16.0 Å². The smallest absolute Gasteiger partial charge is 0.220 e. The summed E-state index contributed by atoms with van der Waals surface area (Å²) in [6.07, 6.45) is 10.2. The Bertz CT molecular complexity index is 333. The molecule has 0 aromatic rings. The summed E-state index contributed by atoms with van der Waals surface area (Å²) < 4.78 is 0. The lowest BCUT2D eigenvalue weighted by Gasteiger charge is -2.24. The molecule has 2 rings (SSSR count). The van der Waals surface area contributed by atoms with Crippen molar-refractivity contribution in [1.29, 1.82) is 0 Å². The summed E-state index contributed by atoms with van der Waals surface area (Å²) in [4.78, 5) is 15.8. The maximum atomic E-state index is 11.5. The molecular formula is C15H28N4O. The first-order valence-corrected chi connectivity index (χ1v) is 8.04. The molecule has 0 unspecified atom stereocenters. The third-order valence-corrected chi connectivity index (χ3v) is 3.99. The highest BCUT2D eigenvalue weighted by Crippen LogP contribution is 2.18. The number of hydrogen-bond acceptors (Lipinski definition) is 2. The van der Waals surface area contributed by atoms with Crippen LogP contribution in [-0.2, 0) is 4.79 Å². The van der Waals surface area contributed by atoms with Crippen LogP contribution in [0.2, 0.25) is 0 Å². The van der Waals surface area contributed by atoms with Gasteiger partial charge in [0.25, 0.3) is 0 Å². The van der Waals surface area contributed by atoms with Crippen LogP contribution < -0.4 is 16.0 Å². The molecule has 5 nitrogen and oxygen atoms in total. The minimum Gasteiger partial charge on any atom is -0.356 e. The lowest BCUT2D eigenvalue weighted by Crippen LogP contribution is -2.44. The van der Waals surface area contributed by atoms with Gasteiger partial charge in [0, 0.05) is 32.1 Å². The Hall–Kier alpha value is -1.26. The number of nitrogens with one attached hydrogen (secondary N) is 3. The molecule has 20 heavy (non-hydrogen) atoms. The lowest BCUT2D eigenvalue weighted by molar-refractivity contribution is -0.121. The first-order chi connectivity index (χ1) is 9.78. The van der Waals surface area contributed by atoms with Crippen molar-refractivity contribution in [2.24, 2.45) is 4.99 Å². The molecule has 0 atom stereocenters. The summed E-state index contributed by atoms with van der Waals surface area (Å²) >= 11 is 0. The molecule has 0 heterocycles. The summed E-state index contributed by atoms with van der Waals surface area (Å²) in [5.41, 5.74) is 0. The molecule has 0 spiro atoms. The summed E-state index contributed by atoms with van der Waals surface area (Å²) in [7, 11) is 1.80. The van der Waals surface area contributed by atoms with Crippen LogP contribution in [0.15, 0.2) is 4.99 Å². The predicted octanol–water partition coefficient (Wildman–Crippen LogP) is 1.54. The van der Waals surface area contributed by atoms with Gasteiger partial charge in [0.15, 0.2) is 5.96 Å². The summed E-state index contributed by atoms with van der Waals surface area (Å²) in [5, 5.41) is 9.78. The van der Waals surface area contributed by atoms with E-state index in [1.54, 1.807) is 7.05 Å². The van der Waals surface area contributed by atoms with Gasteiger partial charge in [-0.2, -0.15) is 0 Å². The van der Waals surface area contributed by atoms with Gasteiger partial charge in [-0.1, -0.05) is 19.3 Å². The van der Waals surface area contributed by atoms with Crippen LogP contribution in [0, 0.1) is 0 Å². The Morgan fingerprint density at radius 2 is 1.75 bits per heavy atom. The molecule has 0 radical (unpaired) electrons. The van der Waals surface area contributed by atoms with Crippen molar-refractivity contribution in [3.05, 3.63) is 0 Å². The Balaban J connectivity index is 1.54. The summed E-state index contributed by atoms with van der Waals surface area (Å²) in [5.74, 6) is 1.06. The highest BCUT2D eigenvalue weighted by atomic mass is 16.1. The number of guanidine groups is 1. The molecule has 1 amide bonds. The normalized spacial score (nSPS) is 20.6. The van der Waals surface area contributed by atoms with E-state index >= 15 is 0 Å². The molecule has 0 saturated heterocycles. The van der Waals surface area contributed by atoms with Gasteiger partial charge < -0.3 is 16.0 Å². The quantitative estimate of drug-likeness (QED) is 0.393. The van der Waals surface area contributed by atoms with E-state index in [1.165, 1.54) is 32.1 Å². The number of aliphatic imine (C=N–C) groups is 1. The lowest BCUT2D eigenvalue weighted by atomic mass is 9.96. The first-order valence-electron chi connectivity index (χ1n) is 8.04. The van der Waals surface area contributed by atoms with E-state index in [1.807, 2.05) is 0 Å². The topological polar surface area (TPSA) is 65.5 Å². The van der Waals surface area contributed by atoms with Crippen molar-refractivity contribution < 1.29 is 4.79 Å². The monoisotopic (exact) mass is 280 g/mol. The molecule has 0 bridgehead atoms. The van der Waals surface area contributed by atoms with E-state index < -0.39 is 0 Å². The highest BCUT2D eigenvalue weighted by molar-refractivity contribution is 5.80. The molecule has 2 aliphatic carbocycles. The highest BCUT2D eigenvalue weighted by Gasteiger charge is 2.22. The molecule has 2 aliphatic rings. The maximum Gasteiger partial charge on any atom is 0.220 e. The van der Waals surface area contributed by atoms with Crippen LogP contribution in [0.5, 0.6) is 0 Å². The largest absolute Gasteiger partial charge is 0.356 e. The number of nitrogens with zero attached hydrogens (tertiary/aromatic N) is 1. The zero-order chi connectivity index (χ0) is 14.2. The third-order valence-electron chi connectivity index (χ3n) is 3.99. The fourth-order valence-corrected chi connectivity index (χ4v) is 2.62. The second kappa shape index (κ2) is 8.12. The Morgan fingerprint density at radius 1 is 1.05 bits per heavy atom. The second-order valence-electron chi connectivity index (χ2n) is 5.92. The van der Waals surface area contributed by atoms with E-state index in [-0.39, 0.29) is 5.91 Å². The van der Waals surface area contributed by atoms with Crippen molar-refractivity contribution in [3.8, 4) is 0 Å². The zero-order valence-corrected chi connectivity index (χ0v) is 12.6. The average molecular weight is 280 g/mol. The average Bonchev–Trinajstić information content (AvgIpc) is 3.27. The van der Waals surface area contributed by atoms with E-state index in [2.05, 4.69) is 20.9 Å². The van der Waals surface area contributed by atoms with Crippen LogP contribution >= 0.6 is 0 Å². The molecule has 0 aliphatic heterocycles. The van der Waals surface area contributed by atoms with Gasteiger partial charge in [-0.25, -0.2) is 0 Å². The van der Waals surface area contributed by atoms with Crippen molar-refractivity contribution in [2.75, 3.05) is 13.6 Å². The van der Waals surface area contributed by atoms with Crippen LogP contribution in [0.1, 0.15) is 57.8 Å². The Labute approximate surface area is 122 Å². The van der Waals surface area contributed by atoms with Crippen LogP contribution in [0.25, 0.3) is 0 Å². The summed E-state index contributed by atoms with van der Waals surface area (Å²) in [6.45, 7) is 0.796. The third kappa shape index (κ3) is 5.80. The van der Waals surface area contributed by atoms with Gasteiger partial charge in [-0.3, -0.25) is 9.79 Å². The van der Waals surface area contributed by atoms with Gasteiger partial charge in [0.05, 0.1) is 0 Å². The predicted molar refractivity (Wildman–Crippen MR) is 81.8 cm³/mol. The number of carbonyl (C=O) groups excluding carboxylic acids is 1. The standard InChI is InChI=1S/C15H28N4O/c1-16-15(19-12-6-3-2-4-7-12)17-11-5-8-14(20)18-13-9-10-13/h12-13H,2-11H2,1H3,(H,18,20)(H2,16,17,19). The second-order valence-corrected chi connectivity index (χ2v) is 5.92. The van der Waals surface area contributed by atoms with Gasteiger partial charge in [-0.15, -0.1) is 0 Å². The van der Waals surface area contributed by atoms with Crippen molar-refractivity contribution in [3.63, 3.8) is 0 Å². The van der Waals surface area contributed by atoms with Gasteiger partial charge in [-0.05, 0) is 32.1 Å². The molecule has 114 valence electrons. The van der Waals surface area contributed by atoms with Crippen LogP contribution in [-0.4, -0.2) is 37.5 Å². The SMILES string of the molecule is CN=C(NCCCC(=O)NC1CC1)NC1CCCCC1. The molecule has 5 heteroatoms. The van der Waals surface area contributed by atoms with Gasteiger partial charge in [0.1, 0.15) is 0 Å². The minimum absolute atomic E-state index is 0.185. The number of rotatable bonds is 6. The van der Waals surface area contributed by atoms with E-state index in [4.69, 9.17) is 0 Å². The van der Waals surface area contributed by atoms with Crippen molar-refractivity contribution in [2.45, 2.75) is 69.9 Å². The minimum atomic E-state index is 0.185. The Morgan fingerprint density at radius 3 is 2.40 bits per heavy atom. The fraction of sp³-hybridized carbons (Fsp3) is 0.867. The molecular weight excluding hydrogens is 252 g/mol. The van der Waals surface area contributed by atoms with E-state index in [9.17, 15) is 4.79 Å². The molecule has 0 aromatic carbocycles.